The monoisotopic (exact) mass is 262 g/mol. The minimum Gasteiger partial charge on any atom is -0.496 e. The van der Waals surface area contributed by atoms with Crippen LogP contribution in [0.1, 0.15) is 48.0 Å². The number of carbonyl (C=O) groups is 1. The Morgan fingerprint density at radius 2 is 1.95 bits per heavy atom. The summed E-state index contributed by atoms with van der Waals surface area (Å²) in [4.78, 5) is 11.7. The van der Waals surface area contributed by atoms with Crippen LogP contribution in [0.3, 0.4) is 0 Å². The zero-order chi connectivity index (χ0) is 13.7. The molecule has 19 heavy (non-hydrogen) atoms. The van der Waals surface area contributed by atoms with Gasteiger partial charge in [0.25, 0.3) is 0 Å². The molecule has 0 bridgehead atoms. The molecular weight excluding hydrogens is 240 g/mol. The van der Waals surface area contributed by atoms with Crippen LogP contribution < -0.4 is 4.74 Å². The highest BCUT2D eigenvalue weighted by Crippen LogP contribution is 2.28. The van der Waals surface area contributed by atoms with Gasteiger partial charge < -0.3 is 9.47 Å². The van der Waals surface area contributed by atoms with Crippen LogP contribution in [-0.2, 0) is 11.2 Å². The highest BCUT2D eigenvalue weighted by molar-refractivity contribution is 5.92. The van der Waals surface area contributed by atoms with Crippen molar-refractivity contribution >= 4 is 5.97 Å². The van der Waals surface area contributed by atoms with Crippen molar-refractivity contribution in [1.29, 1.82) is 0 Å². The van der Waals surface area contributed by atoms with E-state index in [9.17, 15) is 4.79 Å². The summed E-state index contributed by atoms with van der Waals surface area (Å²) < 4.78 is 10.0. The second kappa shape index (κ2) is 6.60. The van der Waals surface area contributed by atoms with Crippen LogP contribution in [0.5, 0.6) is 5.75 Å². The minimum absolute atomic E-state index is 0.331. The first-order valence-corrected chi connectivity index (χ1v) is 7.00. The third-order valence-corrected chi connectivity index (χ3v) is 3.92. The third-order valence-electron chi connectivity index (χ3n) is 3.92. The predicted molar refractivity (Wildman–Crippen MR) is 74.6 cm³/mol. The maximum atomic E-state index is 11.7. The number of hydrogen-bond donors (Lipinski definition) is 0. The van der Waals surface area contributed by atoms with E-state index in [1.807, 2.05) is 12.1 Å². The standard InChI is InChI=1S/C16H22O3/c1-18-15-9-8-13(11-14(15)16(17)19-2)10-12-6-4-3-5-7-12/h8-9,11-12H,3-7,10H2,1-2H3. The van der Waals surface area contributed by atoms with E-state index in [0.29, 0.717) is 11.3 Å². The molecule has 3 nitrogen and oxygen atoms in total. The van der Waals surface area contributed by atoms with Crippen LogP contribution in [0.4, 0.5) is 0 Å². The van der Waals surface area contributed by atoms with Crippen molar-refractivity contribution < 1.29 is 14.3 Å². The molecule has 0 heterocycles. The van der Waals surface area contributed by atoms with Crippen molar-refractivity contribution in [2.45, 2.75) is 38.5 Å². The van der Waals surface area contributed by atoms with Crippen molar-refractivity contribution in [3.63, 3.8) is 0 Å². The molecule has 0 N–H and O–H groups in total. The second-order valence-electron chi connectivity index (χ2n) is 5.23. The molecule has 0 radical (unpaired) electrons. The van der Waals surface area contributed by atoms with Crippen molar-refractivity contribution in [2.75, 3.05) is 14.2 Å². The maximum absolute atomic E-state index is 11.7. The van der Waals surface area contributed by atoms with E-state index in [2.05, 4.69) is 6.07 Å². The molecule has 0 unspecified atom stereocenters. The van der Waals surface area contributed by atoms with E-state index in [-0.39, 0.29) is 5.97 Å². The molecule has 1 aliphatic rings. The molecule has 3 heteroatoms. The second-order valence-corrected chi connectivity index (χ2v) is 5.23. The highest BCUT2D eigenvalue weighted by Gasteiger charge is 2.17. The molecule has 1 saturated carbocycles. The van der Waals surface area contributed by atoms with E-state index in [1.165, 1.54) is 44.8 Å². The predicted octanol–water partition coefficient (Wildman–Crippen LogP) is 3.60. The van der Waals surface area contributed by atoms with E-state index >= 15 is 0 Å². The van der Waals surface area contributed by atoms with Gasteiger partial charge in [0.2, 0.25) is 0 Å². The van der Waals surface area contributed by atoms with Crippen molar-refractivity contribution in [3.05, 3.63) is 29.3 Å². The number of benzene rings is 1. The first kappa shape index (κ1) is 13.9. The van der Waals surface area contributed by atoms with Crippen molar-refractivity contribution in [2.24, 2.45) is 5.92 Å². The first-order valence-electron chi connectivity index (χ1n) is 7.00. The largest absolute Gasteiger partial charge is 0.496 e. The summed E-state index contributed by atoms with van der Waals surface area (Å²) in [6.45, 7) is 0. The number of hydrogen-bond acceptors (Lipinski definition) is 3. The SMILES string of the molecule is COC(=O)c1cc(CC2CCCCC2)ccc1OC. The highest BCUT2D eigenvalue weighted by atomic mass is 16.5. The van der Waals surface area contributed by atoms with Gasteiger partial charge in [-0.25, -0.2) is 4.79 Å². The summed E-state index contributed by atoms with van der Waals surface area (Å²) in [5.41, 5.74) is 1.73. The molecule has 0 aromatic heterocycles. The molecule has 0 amide bonds. The number of carbonyl (C=O) groups excluding carboxylic acids is 1. The zero-order valence-corrected chi connectivity index (χ0v) is 11.8. The normalized spacial score (nSPS) is 16.1. The lowest BCUT2D eigenvalue weighted by atomic mass is 9.84. The molecule has 1 aromatic rings. The van der Waals surface area contributed by atoms with Gasteiger partial charge in [0.05, 0.1) is 14.2 Å². The Morgan fingerprint density at radius 3 is 2.58 bits per heavy atom. The molecule has 104 valence electrons. The zero-order valence-electron chi connectivity index (χ0n) is 11.8. The Bertz CT molecular complexity index is 434. The smallest absolute Gasteiger partial charge is 0.341 e. The van der Waals surface area contributed by atoms with Gasteiger partial charge in [0.1, 0.15) is 11.3 Å². The lowest BCUT2D eigenvalue weighted by Crippen LogP contribution is -2.10. The van der Waals surface area contributed by atoms with Crippen LogP contribution >= 0.6 is 0 Å². The minimum atomic E-state index is -0.331. The molecule has 0 aliphatic heterocycles. The Kier molecular flexibility index (Phi) is 4.83. The summed E-state index contributed by atoms with van der Waals surface area (Å²) in [5.74, 6) is 1.01. The molecule has 0 atom stereocenters. The lowest BCUT2D eigenvalue weighted by molar-refractivity contribution is 0.0597. The average Bonchev–Trinajstić information content (AvgIpc) is 2.47. The van der Waals surface area contributed by atoms with Crippen LogP contribution in [0.15, 0.2) is 18.2 Å². The van der Waals surface area contributed by atoms with Gasteiger partial charge in [0, 0.05) is 0 Å². The Morgan fingerprint density at radius 1 is 1.21 bits per heavy atom. The molecular formula is C16H22O3. The quantitative estimate of drug-likeness (QED) is 0.778. The lowest BCUT2D eigenvalue weighted by Gasteiger charge is -2.21. The number of methoxy groups -OCH3 is 2. The summed E-state index contributed by atoms with van der Waals surface area (Å²) in [7, 11) is 2.97. The van der Waals surface area contributed by atoms with Crippen molar-refractivity contribution in [1.82, 2.24) is 0 Å². The van der Waals surface area contributed by atoms with E-state index in [1.54, 1.807) is 7.11 Å². The van der Waals surface area contributed by atoms with Gasteiger partial charge in [0.15, 0.2) is 0 Å². The Labute approximate surface area is 114 Å². The topological polar surface area (TPSA) is 35.5 Å². The van der Waals surface area contributed by atoms with Crippen LogP contribution in [0, 0.1) is 5.92 Å². The molecule has 2 rings (SSSR count). The molecule has 0 saturated heterocycles. The van der Waals surface area contributed by atoms with E-state index in [4.69, 9.17) is 9.47 Å². The van der Waals surface area contributed by atoms with Gasteiger partial charge >= 0.3 is 5.97 Å². The summed E-state index contributed by atoms with van der Waals surface area (Å²) >= 11 is 0. The van der Waals surface area contributed by atoms with Gasteiger partial charge in [-0.15, -0.1) is 0 Å². The van der Waals surface area contributed by atoms with E-state index in [0.717, 1.165) is 12.3 Å². The fraction of sp³-hybridized carbons (Fsp3) is 0.562. The average molecular weight is 262 g/mol. The molecule has 1 fully saturated rings. The Hall–Kier alpha value is -1.51. The summed E-state index contributed by atoms with van der Waals surface area (Å²) in [6, 6.07) is 5.84. The molecule has 0 spiro atoms. The van der Waals surface area contributed by atoms with E-state index < -0.39 is 0 Å². The van der Waals surface area contributed by atoms with Crippen molar-refractivity contribution in [3.8, 4) is 5.75 Å². The number of ether oxygens (including phenoxy) is 2. The number of esters is 1. The molecule has 1 aliphatic carbocycles. The summed E-state index contributed by atoms with van der Waals surface area (Å²) in [5, 5.41) is 0. The maximum Gasteiger partial charge on any atom is 0.341 e. The third kappa shape index (κ3) is 3.49. The first-order chi connectivity index (χ1) is 9.24. The van der Waals surface area contributed by atoms with Gasteiger partial charge in [-0.3, -0.25) is 0 Å². The van der Waals surface area contributed by atoms with Gasteiger partial charge in [-0.2, -0.15) is 0 Å². The number of rotatable bonds is 4. The Balaban J connectivity index is 2.14. The van der Waals surface area contributed by atoms with Gasteiger partial charge in [-0.05, 0) is 30.0 Å². The van der Waals surface area contributed by atoms with Crippen LogP contribution in [0.2, 0.25) is 0 Å². The van der Waals surface area contributed by atoms with Crippen LogP contribution in [0.25, 0.3) is 0 Å². The van der Waals surface area contributed by atoms with Crippen LogP contribution in [-0.4, -0.2) is 20.2 Å². The molecule has 1 aromatic carbocycles. The summed E-state index contributed by atoms with van der Waals surface area (Å²) in [6.07, 6.45) is 7.70. The fourth-order valence-electron chi connectivity index (χ4n) is 2.88. The van der Waals surface area contributed by atoms with Gasteiger partial charge in [-0.1, -0.05) is 38.2 Å². The fourth-order valence-corrected chi connectivity index (χ4v) is 2.88.